The van der Waals surface area contributed by atoms with E-state index in [-0.39, 0.29) is 0 Å². The summed E-state index contributed by atoms with van der Waals surface area (Å²) in [4.78, 5) is 0. The quantitative estimate of drug-likeness (QED) is 0.325. The Morgan fingerprint density at radius 1 is 0.600 bits per heavy atom. The van der Waals surface area contributed by atoms with Crippen LogP contribution in [-0.4, -0.2) is 24.8 Å². The molecule has 3 nitrogen and oxygen atoms in total. The van der Waals surface area contributed by atoms with Gasteiger partial charge in [-0.3, -0.25) is 0 Å². The van der Waals surface area contributed by atoms with E-state index in [0.29, 0.717) is 36.9 Å². The molecule has 0 N–H and O–H groups in total. The van der Waals surface area contributed by atoms with E-state index in [1.54, 1.807) is 0 Å². The van der Waals surface area contributed by atoms with Crippen LogP contribution >= 0.6 is 0 Å². The molecule has 152 valence electrons. The maximum Gasteiger partial charge on any atom is 0.174 e. The highest BCUT2D eigenvalue weighted by Gasteiger charge is 2.49. The molecule has 6 unspecified atom stereocenters. The standard InChI is InChI=1S/C22H46O3/c1-11-17(7)19(9)21(13-3,23-15-5)25-22(14-4,24-16-6)20(10)18(8)12-2/h17-20H,11-16H2,1-10H3. The molecule has 0 amide bonds. The molecule has 0 radical (unpaired) electrons. The van der Waals surface area contributed by atoms with E-state index in [1.807, 2.05) is 0 Å². The third kappa shape index (κ3) is 5.94. The molecular formula is C22H46O3. The first kappa shape index (κ1) is 24.9. The fourth-order valence-corrected chi connectivity index (χ4v) is 3.86. The summed E-state index contributed by atoms with van der Waals surface area (Å²) in [5.74, 6) is 0.466. The maximum absolute atomic E-state index is 6.93. The van der Waals surface area contributed by atoms with Crippen LogP contribution in [0.3, 0.4) is 0 Å². The molecular weight excluding hydrogens is 312 g/mol. The van der Waals surface area contributed by atoms with E-state index in [0.717, 1.165) is 25.7 Å². The van der Waals surface area contributed by atoms with Gasteiger partial charge in [-0.2, -0.15) is 0 Å². The van der Waals surface area contributed by atoms with Crippen molar-refractivity contribution in [2.24, 2.45) is 23.7 Å². The van der Waals surface area contributed by atoms with Gasteiger partial charge in [0.1, 0.15) is 0 Å². The van der Waals surface area contributed by atoms with Gasteiger partial charge in [-0.15, -0.1) is 0 Å². The predicted molar refractivity (Wildman–Crippen MR) is 108 cm³/mol. The molecule has 0 fully saturated rings. The number of hydrogen-bond donors (Lipinski definition) is 0. The molecule has 0 bridgehead atoms. The van der Waals surface area contributed by atoms with Gasteiger partial charge >= 0.3 is 0 Å². The van der Waals surface area contributed by atoms with Crippen LogP contribution in [0.4, 0.5) is 0 Å². The minimum Gasteiger partial charge on any atom is -0.350 e. The second kappa shape index (κ2) is 11.6. The van der Waals surface area contributed by atoms with Crippen molar-refractivity contribution in [3.63, 3.8) is 0 Å². The highest BCUT2D eigenvalue weighted by Crippen LogP contribution is 2.43. The first-order valence-corrected chi connectivity index (χ1v) is 10.7. The first-order valence-electron chi connectivity index (χ1n) is 10.7. The molecule has 0 aliphatic heterocycles. The third-order valence-corrected chi connectivity index (χ3v) is 6.49. The third-order valence-electron chi connectivity index (χ3n) is 6.49. The summed E-state index contributed by atoms with van der Waals surface area (Å²) in [5.41, 5.74) is 0. The topological polar surface area (TPSA) is 27.7 Å². The summed E-state index contributed by atoms with van der Waals surface area (Å²) in [6.07, 6.45) is 3.89. The summed E-state index contributed by atoms with van der Waals surface area (Å²) in [6, 6.07) is 0. The van der Waals surface area contributed by atoms with Gasteiger partial charge in [-0.25, -0.2) is 0 Å². The largest absolute Gasteiger partial charge is 0.350 e. The minimum atomic E-state index is -0.600. The van der Waals surface area contributed by atoms with Crippen LogP contribution in [0, 0.1) is 23.7 Å². The molecule has 0 aromatic heterocycles. The fraction of sp³-hybridized carbons (Fsp3) is 1.00. The van der Waals surface area contributed by atoms with Crippen molar-refractivity contribution in [2.75, 3.05) is 13.2 Å². The van der Waals surface area contributed by atoms with Crippen LogP contribution in [0.2, 0.25) is 0 Å². The number of rotatable bonds is 14. The van der Waals surface area contributed by atoms with Crippen LogP contribution in [-0.2, 0) is 14.2 Å². The van der Waals surface area contributed by atoms with Gasteiger partial charge in [0.05, 0.1) is 0 Å². The summed E-state index contributed by atoms with van der Waals surface area (Å²) < 4.78 is 19.6. The Hall–Kier alpha value is -0.120. The van der Waals surface area contributed by atoms with Gasteiger partial charge in [0.15, 0.2) is 11.6 Å². The highest BCUT2D eigenvalue weighted by molar-refractivity contribution is 4.87. The van der Waals surface area contributed by atoms with Crippen molar-refractivity contribution >= 4 is 0 Å². The monoisotopic (exact) mass is 358 g/mol. The van der Waals surface area contributed by atoms with Crippen molar-refractivity contribution in [2.45, 2.75) is 106 Å². The lowest BCUT2D eigenvalue weighted by atomic mass is 9.81. The Labute approximate surface area is 158 Å². The van der Waals surface area contributed by atoms with E-state index in [9.17, 15) is 0 Å². The van der Waals surface area contributed by atoms with Crippen LogP contribution < -0.4 is 0 Å². The smallest absolute Gasteiger partial charge is 0.174 e. The molecule has 0 saturated heterocycles. The minimum absolute atomic E-state index is 0.304. The second-order valence-electron chi connectivity index (χ2n) is 7.65. The predicted octanol–water partition coefficient (Wildman–Crippen LogP) is 6.65. The fourth-order valence-electron chi connectivity index (χ4n) is 3.86. The highest BCUT2D eigenvalue weighted by atomic mass is 16.8. The molecule has 0 aliphatic carbocycles. The van der Waals surface area contributed by atoms with Gasteiger partial charge in [-0.05, 0) is 38.5 Å². The second-order valence-corrected chi connectivity index (χ2v) is 7.65. The lowest BCUT2D eigenvalue weighted by molar-refractivity contribution is -0.395. The molecule has 25 heavy (non-hydrogen) atoms. The zero-order valence-corrected chi connectivity index (χ0v) is 18.8. The average molecular weight is 359 g/mol. The van der Waals surface area contributed by atoms with Gasteiger partial charge in [0.25, 0.3) is 0 Å². The Balaban J connectivity index is 5.96. The number of hydrogen-bond acceptors (Lipinski definition) is 3. The Morgan fingerprint density at radius 2 is 0.920 bits per heavy atom. The van der Waals surface area contributed by atoms with Crippen molar-refractivity contribution in [3.05, 3.63) is 0 Å². The molecule has 0 heterocycles. The first-order chi connectivity index (χ1) is 11.7. The summed E-state index contributed by atoms with van der Waals surface area (Å²) in [6.45, 7) is 23.4. The molecule has 6 atom stereocenters. The molecule has 0 aliphatic rings. The van der Waals surface area contributed by atoms with Crippen LogP contribution in [0.15, 0.2) is 0 Å². The molecule has 3 heteroatoms. The van der Waals surface area contributed by atoms with E-state index >= 15 is 0 Å². The van der Waals surface area contributed by atoms with Crippen molar-refractivity contribution < 1.29 is 14.2 Å². The zero-order chi connectivity index (χ0) is 19.7. The average Bonchev–Trinajstić information content (AvgIpc) is 2.64. The van der Waals surface area contributed by atoms with E-state index < -0.39 is 11.6 Å². The lowest BCUT2D eigenvalue weighted by Crippen LogP contribution is -2.56. The van der Waals surface area contributed by atoms with E-state index in [1.165, 1.54) is 0 Å². The van der Waals surface area contributed by atoms with E-state index in [4.69, 9.17) is 14.2 Å². The van der Waals surface area contributed by atoms with Gasteiger partial charge in [-0.1, -0.05) is 68.2 Å². The summed E-state index contributed by atoms with van der Waals surface area (Å²) >= 11 is 0. The van der Waals surface area contributed by atoms with Crippen LogP contribution in [0.25, 0.3) is 0 Å². The van der Waals surface area contributed by atoms with Gasteiger partial charge in [0, 0.05) is 25.0 Å². The van der Waals surface area contributed by atoms with Crippen LogP contribution in [0.5, 0.6) is 0 Å². The summed E-state index contributed by atoms with van der Waals surface area (Å²) in [7, 11) is 0. The Bertz CT molecular complexity index is 314. The van der Waals surface area contributed by atoms with Crippen molar-refractivity contribution in [3.8, 4) is 0 Å². The maximum atomic E-state index is 6.93. The molecule has 0 rings (SSSR count). The normalized spacial score (nSPS) is 21.8. The molecule has 0 saturated carbocycles. The van der Waals surface area contributed by atoms with Gasteiger partial charge < -0.3 is 14.2 Å². The van der Waals surface area contributed by atoms with Crippen molar-refractivity contribution in [1.82, 2.24) is 0 Å². The zero-order valence-electron chi connectivity index (χ0n) is 18.8. The van der Waals surface area contributed by atoms with Gasteiger partial charge in [0.2, 0.25) is 0 Å². The molecule has 0 aromatic rings. The Morgan fingerprint density at radius 3 is 1.12 bits per heavy atom. The molecule has 0 aromatic carbocycles. The summed E-state index contributed by atoms with van der Waals surface area (Å²) in [5, 5.41) is 0. The van der Waals surface area contributed by atoms with Crippen LogP contribution in [0.1, 0.15) is 94.9 Å². The lowest BCUT2D eigenvalue weighted by Gasteiger charge is -2.50. The van der Waals surface area contributed by atoms with E-state index in [2.05, 4.69) is 69.2 Å². The number of ether oxygens (including phenoxy) is 3. The van der Waals surface area contributed by atoms with Crippen molar-refractivity contribution in [1.29, 1.82) is 0 Å². The Kier molecular flexibility index (Phi) is 11.5. The SMILES string of the molecule is CCOC(CC)(OC(CC)(OCC)C(C)C(C)CC)C(C)C(C)CC. The molecule has 0 spiro atoms.